The van der Waals surface area contributed by atoms with Crippen LogP contribution in [-0.2, 0) is 19.5 Å². The summed E-state index contributed by atoms with van der Waals surface area (Å²) in [5.41, 5.74) is 2.48. The molecule has 0 amide bonds. The molecule has 3 rings (SSSR count). The second-order valence-corrected chi connectivity index (χ2v) is 5.75. The zero-order chi connectivity index (χ0) is 13.2. The Morgan fingerprint density at radius 2 is 2.26 bits per heavy atom. The summed E-state index contributed by atoms with van der Waals surface area (Å²) in [7, 11) is 0. The third-order valence-electron chi connectivity index (χ3n) is 3.46. The van der Waals surface area contributed by atoms with Gasteiger partial charge < -0.3 is 0 Å². The van der Waals surface area contributed by atoms with Crippen molar-refractivity contribution in [2.75, 3.05) is 6.54 Å². The first-order valence-electron chi connectivity index (χ1n) is 6.22. The maximum Gasteiger partial charge on any atom is 0.127 e. The Kier molecular flexibility index (Phi) is 3.33. The molecular weight excluding hydrogens is 259 g/mol. The van der Waals surface area contributed by atoms with Crippen LogP contribution in [0.2, 0.25) is 0 Å². The van der Waals surface area contributed by atoms with Crippen LogP contribution in [0.1, 0.15) is 21.6 Å². The Morgan fingerprint density at radius 3 is 3.11 bits per heavy atom. The van der Waals surface area contributed by atoms with Crippen LogP contribution in [-0.4, -0.2) is 11.4 Å². The molecule has 0 saturated heterocycles. The van der Waals surface area contributed by atoms with Gasteiger partial charge in [-0.2, -0.15) is 5.26 Å². The number of halogens is 1. The molecule has 96 valence electrons. The van der Waals surface area contributed by atoms with Crippen LogP contribution in [0.5, 0.6) is 0 Å². The van der Waals surface area contributed by atoms with E-state index in [1.54, 1.807) is 17.4 Å². The Hall–Kier alpha value is -1.70. The van der Waals surface area contributed by atoms with Crippen molar-refractivity contribution < 1.29 is 4.39 Å². The van der Waals surface area contributed by atoms with E-state index in [0.717, 1.165) is 19.5 Å². The van der Waals surface area contributed by atoms with Gasteiger partial charge in [0.15, 0.2) is 0 Å². The molecule has 2 aromatic rings. The molecule has 0 aliphatic carbocycles. The van der Waals surface area contributed by atoms with E-state index in [2.05, 4.69) is 22.4 Å². The molecule has 0 unspecified atom stereocenters. The van der Waals surface area contributed by atoms with Crippen molar-refractivity contribution >= 4 is 11.3 Å². The highest BCUT2D eigenvalue weighted by molar-refractivity contribution is 7.10. The lowest BCUT2D eigenvalue weighted by Crippen LogP contribution is -2.29. The number of nitriles is 1. The Balaban J connectivity index is 1.78. The zero-order valence-corrected chi connectivity index (χ0v) is 11.2. The molecule has 0 N–H and O–H groups in total. The van der Waals surface area contributed by atoms with Crippen molar-refractivity contribution in [2.24, 2.45) is 0 Å². The summed E-state index contributed by atoms with van der Waals surface area (Å²) in [6.45, 7) is 2.38. The molecular formula is C15H13FN2S. The van der Waals surface area contributed by atoms with E-state index in [1.165, 1.54) is 22.6 Å². The fourth-order valence-corrected chi connectivity index (χ4v) is 3.34. The van der Waals surface area contributed by atoms with Gasteiger partial charge in [-0.15, -0.1) is 11.3 Å². The van der Waals surface area contributed by atoms with Crippen LogP contribution in [0.25, 0.3) is 0 Å². The lowest BCUT2D eigenvalue weighted by atomic mass is 10.1. The van der Waals surface area contributed by atoms with Crippen molar-refractivity contribution in [3.05, 3.63) is 57.0 Å². The number of nitrogens with zero attached hydrogens (tertiary/aromatic N) is 2. The van der Waals surface area contributed by atoms with E-state index in [0.29, 0.717) is 17.7 Å². The summed E-state index contributed by atoms with van der Waals surface area (Å²) >= 11 is 1.80. The lowest BCUT2D eigenvalue weighted by Gasteiger charge is -2.27. The van der Waals surface area contributed by atoms with Crippen LogP contribution in [0.15, 0.2) is 29.6 Å². The van der Waals surface area contributed by atoms with Gasteiger partial charge >= 0.3 is 0 Å². The van der Waals surface area contributed by atoms with Crippen LogP contribution in [0, 0.1) is 17.1 Å². The SMILES string of the molecule is N#Cc1ccc(F)c(CN2CCc3sccc3C2)c1. The summed E-state index contributed by atoms with van der Waals surface area (Å²) in [6.07, 6.45) is 1.03. The molecule has 1 aromatic heterocycles. The second kappa shape index (κ2) is 5.12. The molecule has 19 heavy (non-hydrogen) atoms. The summed E-state index contributed by atoms with van der Waals surface area (Å²) in [5.74, 6) is -0.227. The first kappa shape index (κ1) is 12.3. The zero-order valence-electron chi connectivity index (χ0n) is 10.4. The Bertz CT molecular complexity index is 642. The molecule has 0 fully saturated rings. The molecule has 2 heterocycles. The fraction of sp³-hybridized carbons (Fsp3) is 0.267. The van der Waals surface area contributed by atoms with Crippen molar-refractivity contribution in [3.63, 3.8) is 0 Å². The van der Waals surface area contributed by atoms with Gasteiger partial charge in [0.05, 0.1) is 11.6 Å². The fourth-order valence-electron chi connectivity index (χ4n) is 2.45. The molecule has 2 nitrogen and oxygen atoms in total. The third kappa shape index (κ3) is 2.53. The van der Waals surface area contributed by atoms with E-state index in [-0.39, 0.29) is 5.82 Å². The minimum Gasteiger partial charge on any atom is -0.294 e. The number of thiophene rings is 1. The summed E-state index contributed by atoms with van der Waals surface area (Å²) in [4.78, 5) is 3.68. The summed E-state index contributed by atoms with van der Waals surface area (Å²) < 4.78 is 13.8. The molecule has 1 aliphatic heterocycles. The van der Waals surface area contributed by atoms with Gasteiger partial charge in [-0.3, -0.25) is 4.90 Å². The molecule has 0 radical (unpaired) electrons. The van der Waals surface area contributed by atoms with E-state index in [1.807, 2.05) is 0 Å². The largest absolute Gasteiger partial charge is 0.294 e. The predicted molar refractivity (Wildman–Crippen MR) is 73.3 cm³/mol. The molecule has 0 spiro atoms. The number of hydrogen-bond donors (Lipinski definition) is 0. The van der Waals surface area contributed by atoms with Crippen molar-refractivity contribution in [2.45, 2.75) is 19.5 Å². The lowest BCUT2D eigenvalue weighted by molar-refractivity contribution is 0.244. The molecule has 0 atom stereocenters. The molecule has 1 aliphatic rings. The van der Waals surface area contributed by atoms with E-state index < -0.39 is 0 Å². The van der Waals surface area contributed by atoms with E-state index >= 15 is 0 Å². The van der Waals surface area contributed by atoms with Gasteiger partial charge in [0.1, 0.15) is 5.82 Å². The first-order chi connectivity index (χ1) is 9.26. The van der Waals surface area contributed by atoms with Gasteiger partial charge in [-0.1, -0.05) is 0 Å². The van der Waals surface area contributed by atoms with Crippen molar-refractivity contribution in [1.29, 1.82) is 5.26 Å². The summed E-state index contributed by atoms with van der Waals surface area (Å²) in [6, 6.07) is 8.76. The van der Waals surface area contributed by atoms with Crippen molar-refractivity contribution in [3.8, 4) is 6.07 Å². The highest BCUT2D eigenvalue weighted by atomic mass is 32.1. The third-order valence-corrected chi connectivity index (χ3v) is 4.48. The Morgan fingerprint density at radius 1 is 1.37 bits per heavy atom. The number of benzene rings is 1. The van der Waals surface area contributed by atoms with Gasteiger partial charge in [-0.25, -0.2) is 4.39 Å². The molecule has 0 saturated carbocycles. The first-order valence-corrected chi connectivity index (χ1v) is 7.10. The average molecular weight is 272 g/mol. The van der Waals surface area contributed by atoms with Crippen LogP contribution in [0.4, 0.5) is 4.39 Å². The summed E-state index contributed by atoms with van der Waals surface area (Å²) in [5, 5.41) is 11.0. The molecule has 1 aromatic carbocycles. The van der Waals surface area contributed by atoms with E-state index in [9.17, 15) is 4.39 Å². The van der Waals surface area contributed by atoms with Crippen molar-refractivity contribution in [1.82, 2.24) is 4.90 Å². The minimum atomic E-state index is -0.227. The second-order valence-electron chi connectivity index (χ2n) is 4.75. The van der Waals surface area contributed by atoms with E-state index in [4.69, 9.17) is 5.26 Å². The van der Waals surface area contributed by atoms with Crippen LogP contribution < -0.4 is 0 Å². The highest BCUT2D eigenvalue weighted by Gasteiger charge is 2.18. The maximum absolute atomic E-state index is 13.8. The topological polar surface area (TPSA) is 27.0 Å². The number of hydrogen-bond acceptors (Lipinski definition) is 3. The number of rotatable bonds is 2. The average Bonchev–Trinajstić information content (AvgIpc) is 2.89. The molecule has 4 heteroatoms. The van der Waals surface area contributed by atoms with Gasteiger partial charge in [0, 0.05) is 30.1 Å². The normalized spacial score (nSPS) is 14.9. The minimum absolute atomic E-state index is 0.227. The van der Waals surface area contributed by atoms with Gasteiger partial charge in [0.2, 0.25) is 0 Å². The monoisotopic (exact) mass is 272 g/mol. The molecule has 0 bridgehead atoms. The maximum atomic E-state index is 13.8. The Labute approximate surface area is 115 Å². The van der Waals surface area contributed by atoms with Crippen LogP contribution in [0.3, 0.4) is 0 Å². The van der Waals surface area contributed by atoms with Crippen LogP contribution >= 0.6 is 11.3 Å². The van der Waals surface area contributed by atoms with Gasteiger partial charge in [0.25, 0.3) is 0 Å². The standard InChI is InChI=1S/C15H13FN2S/c16-14-2-1-11(8-17)7-13(14)10-18-5-3-15-12(9-18)4-6-19-15/h1-2,4,6-7H,3,5,9-10H2. The van der Waals surface area contributed by atoms with Gasteiger partial charge in [-0.05, 0) is 41.6 Å². The quantitative estimate of drug-likeness (QED) is 0.838. The number of fused-ring (bicyclic) bond motifs is 1. The predicted octanol–water partition coefficient (Wildman–Crippen LogP) is 3.32. The smallest absolute Gasteiger partial charge is 0.127 e. The highest BCUT2D eigenvalue weighted by Crippen LogP contribution is 2.25.